The summed E-state index contributed by atoms with van der Waals surface area (Å²) in [5, 5.41) is 19.9. The van der Waals surface area contributed by atoms with Crippen LogP contribution in [0.4, 0.5) is 11.4 Å². The largest absolute Gasteiger partial charge is 0.362 e. The van der Waals surface area contributed by atoms with Gasteiger partial charge < -0.3 is 4.90 Å². The third kappa shape index (κ3) is 2.43. The number of hydrogen-bond donors (Lipinski definition) is 0. The SMILES string of the molecule is Cc1cccc(N(CCC#N)C2CC2)c1[N+](=O)[O-]. The number of anilines is 1. The van der Waals surface area contributed by atoms with Gasteiger partial charge >= 0.3 is 0 Å². The molecule has 1 saturated carbocycles. The first-order valence-corrected chi connectivity index (χ1v) is 6.02. The fraction of sp³-hybridized carbons (Fsp3) is 0.462. The molecule has 1 aromatic rings. The molecule has 94 valence electrons. The first-order valence-electron chi connectivity index (χ1n) is 6.02. The van der Waals surface area contributed by atoms with E-state index in [1.165, 1.54) is 0 Å². The van der Waals surface area contributed by atoms with Crippen LogP contribution in [-0.4, -0.2) is 17.5 Å². The number of para-hydroxylation sites is 1. The molecule has 0 saturated heterocycles. The minimum absolute atomic E-state index is 0.169. The summed E-state index contributed by atoms with van der Waals surface area (Å²) in [6.45, 7) is 2.31. The zero-order chi connectivity index (χ0) is 13.1. The van der Waals surface area contributed by atoms with Crippen LogP contribution in [0.15, 0.2) is 18.2 Å². The van der Waals surface area contributed by atoms with Crippen LogP contribution in [0, 0.1) is 28.4 Å². The minimum Gasteiger partial charge on any atom is -0.362 e. The van der Waals surface area contributed by atoms with Crippen molar-refractivity contribution in [2.45, 2.75) is 32.2 Å². The van der Waals surface area contributed by atoms with Crippen LogP contribution in [0.3, 0.4) is 0 Å². The van der Waals surface area contributed by atoms with Crippen LogP contribution in [0.1, 0.15) is 24.8 Å². The summed E-state index contributed by atoms with van der Waals surface area (Å²) in [5.74, 6) is 0. The smallest absolute Gasteiger partial charge is 0.295 e. The summed E-state index contributed by atoms with van der Waals surface area (Å²) >= 11 is 0. The van der Waals surface area contributed by atoms with E-state index in [9.17, 15) is 10.1 Å². The highest BCUT2D eigenvalue weighted by molar-refractivity contribution is 5.67. The van der Waals surface area contributed by atoms with Crippen LogP contribution < -0.4 is 4.90 Å². The van der Waals surface area contributed by atoms with Crippen LogP contribution in [-0.2, 0) is 0 Å². The average Bonchev–Trinajstić information content (AvgIpc) is 3.13. The maximum atomic E-state index is 11.2. The Bertz CT molecular complexity index is 503. The van der Waals surface area contributed by atoms with Crippen molar-refractivity contribution in [3.05, 3.63) is 33.9 Å². The Morgan fingerprint density at radius 3 is 2.83 bits per heavy atom. The van der Waals surface area contributed by atoms with Gasteiger partial charge in [0.1, 0.15) is 5.69 Å². The summed E-state index contributed by atoms with van der Waals surface area (Å²) in [7, 11) is 0. The van der Waals surface area contributed by atoms with Gasteiger partial charge in [0.05, 0.1) is 17.4 Å². The van der Waals surface area contributed by atoms with Gasteiger partial charge in [0.25, 0.3) is 5.69 Å². The fourth-order valence-corrected chi connectivity index (χ4v) is 2.17. The van der Waals surface area contributed by atoms with Crippen molar-refractivity contribution in [2.24, 2.45) is 0 Å². The van der Waals surface area contributed by atoms with Gasteiger partial charge in [-0.2, -0.15) is 5.26 Å². The number of nitriles is 1. The molecule has 5 nitrogen and oxygen atoms in total. The highest BCUT2D eigenvalue weighted by Gasteiger charge is 2.33. The Labute approximate surface area is 106 Å². The lowest BCUT2D eigenvalue weighted by Gasteiger charge is -2.23. The van der Waals surface area contributed by atoms with Crippen molar-refractivity contribution in [2.75, 3.05) is 11.4 Å². The molecule has 1 aliphatic rings. The number of benzene rings is 1. The topological polar surface area (TPSA) is 70.2 Å². The first-order chi connectivity index (χ1) is 8.65. The van der Waals surface area contributed by atoms with Crippen molar-refractivity contribution in [1.29, 1.82) is 5.26 Å². The van der Waals surface area contributed by atoms with Gasteiger partial charge in [-0.3, -0.25) is 10.1 Å². The van der Waals surface area contributed by atoms with E-state index in [1.807, 2.05) is 11.0 Å². The second-order valence-corrected chi connectivity index (χ2v) is 4.53. The molecule has 5 heteroatoms. The van der Waals surface area contributed by atoms with E-state index in [0.717, 1.165) is 12.8 Å². The lowest BCUT2D eigenvalue weighted by Crippen LogP contribution is -2.27. The lowest BCUT2D eigenvalue weighted by molar-refractivity contribution is -0.384. The Morgan fingerprint density at radius 1 is 1.56 bits per heavy atom. The molecular weight excluding hydrogens is 230 g/mol. The third-order valence-corrected chi connectivity index (χ3v) is 3.16. The minimum atomic E-state index is -0.327. The highest BCUT2D eigenvalue weighted by Crippen LogP contribution is 2.38. The van der Waals surface area contributed by atoms with Gasteiger partial charge in [0, 0.05) is 18.2 Å². The highest BCUT2D eigenvalue weighted by atomic mass is 16.6. The molecule has 0 bridgehead atoms. The molecule has 0 unspecified atom stereocenters. The number of nitro groups is 1. The van der Waals surface area contributed by atoms with Crippen LogP contribution in [0.5, 0.6) is 0 Å². The van der Waals surface area contributed by atoms with Gasteiger partial charge in [0.2, 0.25) is 0 Å². The number of nitro benzene ring substituents is 1. The lowest BCUT2D eigenvalue weighted by atomic mass is 10.1. The molecular formula is C13H15N3O2. The Kier molecular flexibility index (Phi) is 3.47. The maximum Gasteiger partial charge on any atom is 0.295 e. The molecule has 0 N–H and O–H groups in total. The Balaban J connectivity index is 2.38. The van der Waals surface area contributed by atoms with E-state index >= 15 is 0 Å². The molecule has 0 spiro atoms. The van der Waals surface area contributed by atoms with E-state index in [4.69, 9.17) is 5.26 Å². The zero-order valence-electron chi connectivity index (χ0n) is 10.3. The third-order valence-electron chi connectivity index (χ3n) is 3.16. The summed E-state index contributed by atoms with van der Waals surface area (Å²) in [6, 6.07) is 7.82. The molecule has 0 atom stereocenters. The van der Waals surface area contributed by atoms with Gasteiger partial charge in [-0.05, 0) is 25.8 Å². The number of hydrogen-bond acceptors (Lipinski definition) is 4. The van der Waals surface area contributed by atoms with Crippen LogP contribution >= 0.6 is 0 Å². The number of nitrogens with zero attached hydrogens (tertiary/aromatic N) is 3. The predicted molar refractivity (Wildman–Crippen MR) is 68.4 cm³/mol. The van der Waals surface area contributed by atoms with E-state index < -0.39 is 0 Å². The Hall–Kier alpha value is -2.09. The number of rotatable bonds is 5. The Morgan fingerprint density at radius 2 is 2.28 bits per heavy atom. The molecule has 0 amide bonds. The van der Waals surface area contributed by atoms with E-state index in [0.29, 0.717) is 30.3 Å². The summed E-state index contributed by atoms with van der Waals surface area (Å²) in [5.41, 5.74) is 1.49. The van der Waals surface area contributed by atoms with Gasteiger partial charge in [-0.15, -0.1) is 0 Å². The molecule has 0 aromatic heterocycles. The second-order valence-electron chi connectivity index (χ2n) is 4.53. The second kappa shape index (κ2) is 5.05. The van der Waals surface area contributed by atoms with Gasteiger partial charge in [0.15, 0.2) is 0 Å². The van der Waals surface area contributed by atoms with E-state index in [2.05, 4.69) is 6.07 Å². The normalized spacial score (nSPS) is 14.0. The van der Waals surface area contributed by atoms with Crippen molar-refractivity contribution in [3.8, 4) is 6.07 Å². The van der Waals surface area contributed by atoms with Crippen LogP contribution in [0.25, 0.3) is 0 Å². The molecule has 2 rings (SSSR count). The van der Waals surface area contributed by atoms with E-state index in [1.54, 1.807) is 19.1 Å². The monoisotopic (exact) mass is 245 g/mol. The molecule has 18 heavy (non-hydrogen) atoms. The standard InChI is InChI=1S/C13H15N3O2/c1-10-4-2-5-12(13(10)16(17)18)15(9-3-8-14)11-6-7-11/h2,4-5,11H,3,6-7,9H2,1H3. The average molecular weight is 245 g/mol. The number of aryl methyl sites for hydroxylation is 1. The van der Waals surface area contributed by atoms with Crippen molar-refractivity contribution in [1.82, 2.24) is 0 Å². The van der Waals surface area contributed by atoms with Crippen molar-refractivity contribution >= 4 is 11.4 Å². The molecule has 1 fully saturated rings. The van der Waals surface area contributed by atoms with Gasteiger partial charge in [-0.1, -0.05) is 12.1 Å². The van der Waals surface area contributed by atoms with Gasteiger partial charge in [-0.25, -0.2) is 0 Å². The van der Waals surface area contributed by atoms with E-state index in [-0.39, 0.29) is 10.6 Å². The summed E-state index contributed by atoms with van der Waals surface area (Å²) < 4.78 is 0. The molecule has 0 radical (unpaired) electrons. The zero-order valence-corrected chi connectivity index (χ0v) is 10.3. The molecule has 1 aliphatic carbocycles. The fourth-order valence-electron chi connectivity index (χ4n) is 2.17. The van der Waals surface area contributed by atoms with Crippen molar-refractivity contribution < 1.29 is 4.92 Å². The summed E-state index contributed by atoms with van der Waals surface area (Å²) in [4.78, 5) is 12.9. The summed E-state index contributed by atoms with van der Waals surface area (Å²) in [6.07, 6.45) is 2.49. The molecule has 0 aliphatic heterocycles. The molecule has 0 heterocycles. The predicted octanol–water partition coefficient (Wildman–Crippen LogP) is 2.79. The van der Waals surface area contributed by atoms with Crippen molar-refractivity contribution in [3.63, 3.8) is 0 Å². The first kappa shape index (κ1) is 12.4. The van der Waals surface area contributed by atoms with Crippen LogP contribution in [0.2, 0.25) is 0 Å². The maximum absolute atomic E-state index is 11.2. The quantitative estimate of drug-likeness (QED) is 0.590. The molecule has 1 aromatic carbocycles.